The molecule has 1 atom stereocenters. The van der Waals surface area contributed by atoms with Gasteiger partial charge in [-0.25, -0.2) is 0 Å². The van der Waals surface area contributed by atoms with Gasteiger partial charge in [-0.1, -0.05) is 43.8 Å². The summed E-state index contributed by atoms with van der Waals surface area (Å²) in [6, 6.07) is 9.62. The van der Waals surface area contributed by atoms with Gasteiger partial charge >= 0.3 is 0 Å². The number of nitrogens with one attached hydrogen (secondary N) is 1. The number of thioether (sulfide) groups is 1. The minimum Gasteiger partial charge on any atom is -0.355 e. The summed E-state index contributed by atoms with van der Waals surface area (Å²) in [5, 5.41) is 14.9. The van der Waals surface area contributed by atoms with Crippen molar-refractivity contribution in [3.05, 3.63) is 30.3 Å². The first kappa shape index (κ1) is 15.5. The summed E-state index contributed by atoms with van der Waals surface area (Å²) in [5.74, 6) is 0.428. The minimum atomic E-state index is -0.253. The normalized spacial score (nSPS) is 12.4. The lowest BCUT2D eigenvalue weighted by Crippen LogP contribution is -2.33. The zero-order chi connectivity index (χ0) is 15.2. The number of hydrogen-bond acceptors (Lipinski definition) is 5. The molecule has 0 aliphatic heterocycles. The molecule has 0 radical (unpaired) electrons. The van der Waals surface area contributed by atoms with Crippen LogP contribution in [0, 0.1) is 5.92 Å². The average molecular weight is 305 g/mol. The van der Waals surface area contributed by atoms with E-state index >= 15 is 0 Å². The maximum atomic E-state index is 12.0. The molecular formula is C14H19N5OS. The molecule has 1 aromatic carbocycles. The Morgan fingerprint density at radius 2 is 2.00 bits per heavy atom. The van der Waals surface area contributed by atoms with E-state index in [1.54, 1.807) is 4.68 Å². The summed E-state index contributed by atoms with van der Waals surface area (Å²) in [6.45, 7) is 6.65. The van der Waals surface area contributed by atoms with Crippen molar-refractivity contribution in [1.29, 1.82) is 0 Å². The third-order valence-electron chi connectivity index (χ3n) is 2.78. The number of benzene rings is 1. The smallest absolute Gasteiger partial charge is 0.233 e. The summed E-state index contributed by atoms with van der Waals surface area (Å²) in [5.41, 5.74) is 0.875. The molecule has 2 aromatic rings. The molecule has 0 aliphatic carbocycles. The molecule has 1 unspecified atom stereocenters. The number of para-hydroxylation sites is 1. The third kappa shape index (κ3) is 4.29. The summed E-state index contributed by atoms with van der Waals surface area (Å²) >= 11 is 1.35. The maximum absolute atomic E-state index is 12.0. The van der Waals surface area contributed by atoms with Gasteiger partial charge in [0.25, 0.3) is 0 Å². The highest BCUT2D eigenvalue weighted by Crippen LogP contribution is 2.22. The minimum absolute atomic E-state index is 0.00342. The zero-order valence-electron chi connectivity index (χ0n) is 12.4. The van der Waals surface area contributed by atoms with Gasteiger partial charge in [0.15, 0.2) is 0 Å². The van der Waals surface area contributed by atoms with Crippen molar-refractivity contribution < 1.29 is 4.79 Å². The van der Waals surface area contributed by atoms with E-state index in [-0.39, 0.29) is 11.2 Å². The first-order chi connectivity index (χ1) is 10.1. The average Bonchev–Trinajstić information content (AvgIpc) is 2.93. The Labute approximate surface area is 128 Å². The van der Waals surface area contributed by atoms with E-state index in [9.17, 15) is 4.79 Å². The van der Waals surface area contributed by atoms with Gasteiger partial charge in [0, 0.05) is 6.54 Å². The molecule has 0 saturated heterocycles. The van der Waals surface area contributed by atoms with Crippen LogP contribution in [0.1, 0.15) is 20.8 Å². The number of carbonyl (C=O) groups is 1. The van der Waals surface area contributed by atoms with Gasteiger partial charge in [0.05, 0.1) is 10.9 Å². The van der Waals surface area contributed by atoms with Gasteiger partial charge in [0.1, 0.15) is 0 Å². The van der Waals surface area contributed by atoms with E-state index < -0.39 is 0 Å². The predicted molar refractivity (Wildman–Crippen MR) is 82.3 cm³/mol. The van der Waals surface area contributed by atoms with Crippen LogP contribution in [0.15, 0.2) is 35.5 Å². The van der Waals surface area contributed by atoms with Gasteiger partial charge in [-0.2, -0.15) is 4.68 Å². The van der Waals surface area contributed by atoms with Gasteiger partial charge in [-0.05, 0) is 35.4 Å². The van der Waals surface area contributed by atoms with E-state index in [4.69, 9.17) is 0 Å². The molecule has 1 aromatic heterocycles. The number of amides is 1. The molecule has 0 bridgehead atoms. The highest BCUT2D eigenvalue weighted by molar-refractivity contribution is 8.00. The molecule has 0 spiro atoms. The Morgan fingerprint density at radius 1 is 1.29 bits per heavy atom. The van der Waals surface area contributed by atoms with Crippen molar-refractivity contribution >= 4 is 17.7 Å². The summed E-state index contributed by atoms with van der Waals surface area (Å²) in [6.07, 6.45) is 0. The van der Waals surface area contributed by atoms with E-state index in [1.807, 2.05) is 37.3 Å². The second-order valence-corrected chi connectivity index (χ2v) is 6.42. The molecular weight excluding hydrogens is 286 g/mol. The molecule has 1 heterocycles. The van der Waals surface area contributed by atoms with Gasteiger partial charge in [-0.3, -0.25) is 4.79 Å². The van der Waals surface area contributed by atoms with Crippen LogP contribution in [0.3, 0.4) is 0 Å². The number of rotatable bonds is 6. The number of nitrogens with zero attached hydrogens (tertiary/aromatic N) is 4. The fraction of sp³-hybridized carbons (Fsp3) is 0.429. The lowest BCUT2D eigenvalue weighted by atomic mass is 10.2. The number of carbonyl (C=O) groups excluding carboxylic acids is 1. The van der Waals surface area contributed by atoms with Gasteiger partial charge in [-0.15, -0.1) is 5.10 Å². The van der Waals surface area contributed by atoms with Crippen molar-refractivity contribution in [1.82, 2.24) is 25.5 Å². The second-order valence-electron chi connectivity index (χ2n) is 5.11. The Hall–Kier alpha value is -1.89. The number of hydrogen-bond donors (Lipinski definition) is 1. The van der Waals surface area contributed by atoms with Crippen LogP contribution in [-0.4, -0.2) is 37.9 Å². The van der Waals surface area contributed by atoms with Crippen molar-refractivity contribution in [3.8, 4) is 5.69 Å². The molecule has 0 aliphatic rings. The fourth-order valence-corrected chi connectivity index (χ4v) is 2.48. The standard InChI is InChI=1S/C14H19N5OS/c1-10(2)9-15-13(20)11(3)21-14-16-17-18-19(14)12-7-5-4-6-8-12/h4-8,10-11H,9H2,1-3H3,(H,15,20). The van der Waals surface area contributed by atoms with Crippen LogP contribution in [0.25, 0.3) is 5.69 Å². The van der Waals surface area contributed by atoms with Crippen LogP contribution in [0.5, 0.6) is 0 Å². The molecule has 1 N–H and O–H groups in total. The van der Waals surface area contributed by atoms with Crippen LogP contribution in [0.2, 0.25) is 0 Å². The molecule has 0 saturated carbocycles. The molecule has 6 nitrogen and oxygen atoms in total. The highest BCUT2D eigenvalue weighted by atomic mass is 32.2. The Balaban J connectivity index is 2.04. The Kier molecular flexibility index (Phi) is 5.32. The second kappa shape index (κ2) is 7.21. The molecule has 0 fully saturated rings. The quantitative estimate of drug-likeness (QED) is 0.825. The summed E-state index contributed by atoms with van der Waals surface area (Å²) in [7, 11) is 0. The molecule has 21 heavy (non-hydrogen) atoms. The van der Waals surface area contributed by atoms with E-state index in [2.05, 4.69) is 34.7 Å². The van der Waals surface area contributed by atoms with Crippen LogP contribution in [0.4, 0.5) is 0 Å². The summed E-state index contributed by atoms with van der Waals surface area (Å²) in [4.78, 5) is 12.0. The molecule has 2 rings (SSSR count). The lowest BCUT2D eigenvalue weighted by Gasteiger charge is -2.12. The van der Waals surface area contributed by atoms with E-state index in [0.717, 1.165) is 5.69 Å². The summed E-state index contributed by atoms with van der Waals surface area (Å²) < 4.78 is 1.64. The SMILES string of the molecule is CC(C)CNC(=O)C(C)Sc1nnnn1-c1ccccc1. The van der Waals surface area contributed by atoms with E-state index in [1.165, 1.54) is 11.8 Å². The number of tetrazole rings is 1. The van der Waals surface area contributed by atoms with Crippen molar-refractivity contribution in [2.75, 3.05) is 6.54 Å². The maximum Gasteiger partial charge on any atom is 0.233 e. The first-order valence-electron chi connectivity index (χ1n) is 6.86. The van der Waals surface area contributed by atoms with Crippen LogP contribution < -0.4 is 5.32 Å². The highest BCUT2D eigenvalue weighted by Gasteiger charge is 2.19. The third-order valence-corrected chi connectivity index (χ3v) is 3.81. The first-order valence-corrected chi connectivity index (χ1v) is 7.74. The predicted octanol–water partition coefficient (Wildman–Crippen LogP) is 1.92. The molecule has 7 heteroatoms. The Morgan fingerprint density at radius 3 is 2.67 bits per heavy atom. The number of aromatic nitrogens is 4. The van der Waals surface area contributed by atoms with E-state index in [0.29, 0.717) is 17.6 Å². The van der Waals surface area contributed by atoms with Crippen molar-refractivity contribution in [3.63, 3.8) is 0 Å². The zero-order valence-corrected chi connectivity index (χ0v) is 13.2. The van der Waals surface area contributed by atoms with Crippen molar-refractivity contribution in [2.24, 2.45) is 5.92 Å². The van der Waals surface area contributed by atoms with Gasteiger partial charge < -0.3 is 5.32 Å². The molecule has 112 valence electrons. The van der Waals surface area contributed by atoms with Crippen LogP contribution in [-0.2, 0) is 4.79 Å². The monoisotopic (exact) mass is 305 g/mol. The topological polar surface area (TPSA) is 72.7 Å². The fourth-order valence-electron chi connectivity index (χ4n) is 1.64. The molecule has 1 amide bonds. The largest absolute Gasteiger partial charge is 0.355 e. The lowest BCUT2D eigenvalue weighted by molar-refractivity contribution is -0.120. The van der Waals surface area contributed by atoms with Crippen LogP contribution >= 0.6 is 11.8 Å². The Bertz CT molecular complexity index is 584. The van der Waals surface area contributed by atoms with Crippen molar-refractivity contribution in [2.45, 2.75) is 31.2 Å². The van der Waals surface area contributed by atoms with Gasteiger partial charge in [0.2, 0.25) is 11.1 Å².